The minimum atomic E-state index is 0.735. The highest BCUT2D eigenvalue weighted by Crippen LogP contribution is 2.09. The number of nitrogens with zero attached hydrogens (tertiary/aromatic N) is 1. The first-order chi connectivity index (χ1) is 8.36. The number of rotatable bonds is 2. The fraction of sp³-hybridized carbons (Fsp3) is 0.125. The van der Waals surface area contributed by atoms with Crippen molar-refractivity contribution in [2.45, 2.75) is 0 Å². The highest BCUT2D eigenvalue weighted by molar-refractivity contribution is 5.47. The fourth-order valence-electron chi connectivity index (χ4n) is 1.56. The highest BCUT2D eigenvalue weighted by Gasteiger charge is 1.95. The molecule has 0 spiro atoms. The molecule has 2 aromatic rings. The smallest absolute Gasteiger partial charge is 0.0794 e. The first-order valence-corrected chi connectivity index (χ1v) is 5.66. The van der Waals surface area contributed by atoms with Gasteiger partial charge in [0.25, 0.3) is 0 Å². The second-order valence-electron chi connectivity index (χ2n) is 3.86. The molecule has 84 valence electrons. The summed E-state index contributed by atoms with van der Waals surface area (Å²) in [4.78, 5) is 2.13. The zero-order valence-corrected chi connectivity index (χ0v) is 9.93. The van der Waals surface area contributed by atoms with Crippen molar-refractivity contribution in [3.05, 3.63) is 66.2 Å². The molecule has 2 aromatic carbocycles. The number of hydrogen-bond donors (Lipinski definition) is 0. The maximum Gasteiger partial charge on any atom is 0.0794 e. The third kappa shape index (κ3) is 3.39. The number of benzene rings is 2. The van der Waals surface area contributed by atoms with Crippen LogP contribution in [0.2, 0.25) is 0 Å². The third-order valence-corrected chi connectivity index (χ3v) is 2.52. The maximum atomic E-state index is 3.18. The first-order valence-electron chi connectivity index (χ1n) is 5.66. The van der Waals surface area contributed by atoms with Crippen LogP contribution in [-0.4, -0.2) is 13.6 Å². The molecule has 0 atom stereocenters. The van der Waals surface area contributed by atoms with Crippen molar-refractivity contribution in [3.8, 4) is 11.8 Å². The summed E-state index contributed by atoms with van der Waals surface area (Å²) in [6.07, 6.45) is 0. The average Bonchev–Trinajstić information content (AvgIpc) is 2.41. The molecule has 0 radical (unpaired) electrons. The van der Waals surface area contributed by atoms with E-state index in [0.29, 0.717) is 0 Å². The molecule has 0 N–H and O–H groups in total. The Kier molecular flexibility index (Phi) is 3.83. The molecule has 0 heterocycles. The second-order valence-corrected chi connectivity index (χ2v) is 3.86. The standard InChI is InChI=1S/C16H15N/c1-17(16-12-6-3-7-13-16)14-8-11-15-9-4-2-5-10-15/h2-7,9-10,12-13H,14H2,1H3. The van der Waals surface area contributed by atoms with E-state index in [1.807, 2.05) is 48.5 Å². The van der Waals surface area contributed by atoms with Crippen molar-refractivity contribution in [1.82, 2.24) is 0 Å². The van der Waals surface area contributed by atoms with Crippen LogP contribution >= 0.6 is 0 Å². The molecular formula is C16H15N. The number of anilines is 1. The molecule has 0 amide bonds. The van der Waals surface area contributed by atoms with Crippen LogP contribution in [-0.2, 0) is 0 Å². The van der Waals surface area contributed by atoms with Crippen molar-refractivity contribution in [3.63, 3.8) is 0 Å². The molecule has 2 rings (SSSR count). The summed E-state index contributed by atoms with van der Waals surface area (Å²) < 4.78 is 0. The highest BCUT2D eigenvalue weighted by atomic mass is 15.1. The van der Waals surface area contributed by atoms with Crippen LogP contribution in [0.4, 0.5) is 5.69 Å². The lowest BCUT2D eigenvalue weighted by Gasteiger charge is -2.15. The second kappa shape index (κ2) is 5.77. The summed E-state index contributed by atoms with van der Waals surface area (Å²) in [6, 6.07) is 20.3. The maximum absolute atomic E-state index is 3.18. The first kappa shape index (κ1) is 11.3. The topological polar surface area (TPSA) is 3.24 Å². The molecule has 17 heavy (non-hydrogen) atoms. The van der Waals surface area contributed by atoms with Gasteiger partial charge in [-0.1, -0.05) is 48.2 Å². The molecule has 0 saturated carbocycles. The summed E-state index contributed by atoms with van der Waals surface area (Å²) in [5.41, 5.74) is 2.25. The SMILES string of the molecule is CN(CC#Cc1ccccc1)c1ccccc1. The zero-order valence-electron chi connectivity index (χ0n) is 9.93. The van der Waals surface area contributed by atoms with E-state index in [9.17, 15) is 0 Å². The summed E-state index contributed by atoms with van der Waals surface area (Å²) in [6.45, 7) is 0.735. The van der Waals surface area contributed by atoms with Gasteiger partial charge in [-0.2, -0.15) is 0 Å². The largest absolute Gasteiger partial charge is 0.363 e. The van der Waals surface area contributed by atoms with E-state index in [0.717, 1.165) is 12.1 Å². The number of para-hydroxylation sites is 1. The Morgan fingerprint density at radius 3 is 2.12 bits per heavy atom. The summed E-state index contributed by atoms with van der Waals surface area (Å²) >= 11 is 0. The molecule has 0 aromatic heterocycles. The van der Waals surface area contributed by atoms with Crippen molar-refractivity contribution in [2.75, 3.05) is 18.5 Å². The average molecular weight is 221 g/mol. The molecule has 0 aliphatic heterocycles. The van der Waals surface area contributed by atoms with Gasteiger partial charge in [-0.25, -0.2) is 0 Å². The van der Waals surface area contributed by atoms with E-state index in [2.05, 4.69) is 35.9 Å². The lowest BCUT2D eigenvalue weighted by Crippen LogP contribution is -2.16. The van der Waals surface area contributed by atoms with Crippen LogP contribution in [0.3, 0.4) is 0 Å². The Hall–Kier alpha value is -2.20. The van der Waals surface area contributed by atoms with Gasteiger partial charge in [0.2, 0.25) is 0 Å². The Labute approximate surface area is 103 Å². The third-order valence-electron chi connectivity index (χ3n) is 2.52. The van der Waals surface area contributed by atoms with E-state index in [4.69, 9.17) is 0 Å². The van der Waals surface area contributed by atoms with Gasteiger partial charge in [-0.05, 0) is 24.3 Å². The van der Waals surface area contributed by atoms with Gasteiger partial charge >= 0.3 is 0 Å². The van der Waals surface area contributed by atoms with Gasteiger partial charge in [0.1, 0.15) is 0 Å². The van der Waals surface area contributed by atoms with Crippen LogP contribution in [0.25, 0.3) is 0 Å². The van der Waals surface area contributed by atoms with E-state index in [1.54, 1.807) is 0 Å². The van der Waals surface area contributed by atoms with E-state index < -0.39 is 0 Å². The predicted octanol–water partition coefficient (Wildman–Crippen LogP) is 3.17. The molecule has 0 unspecified atom stereocenters. The van der Waals surface area contributed by atoms with Gasteiger partial charge in [0.15, 0.2) is 0 Å². The number of hydrogen-bond acceptors (Lipinski definition) is 1. The molecule has 1 nitrogen and oxygen atoms in total. The molecule has 1 heteroatoms. The Morgan fingerprint density at radius 2 is 1.47 bits per heavy atom. The predicted molar refractivity (Wildman–Crippen MR) is 73.0 cm³/mol. The molecule has 0 saturated heterocycles. The van der Waals surface area contributed by atoms with Crippen LogP contribution in [0.15, 0.2) is 60.7 Å². The van der Waals surface area contributed by atoms with Crippen molar-refractivity contribution in [2.24, 2.45) is 0 Å². The molecule has 0 bridgehead atoms. The van der Waals surface area contributed by atoms with Crippen molar-refractivity contribution >= 4 is 5.69 Å². The monoisotopic (exact) mass is 221 g/mol. The molecule has 0 aliphatic carbocycles. The summed E-state index contributed by atoms with van der Waals surface area (Å²) in [5, 5.41) is 0. The van der Waals surface area contributed by atoms with Gasteiger partial charge < -0.3 is 4.90 Å². The van der Waals surface area contributed by atoms with E-state index >= 15 is 0 Å². The Bertz CT molecular complexity index is 505. The van der Waals surface area contributed by atoms with Gasteiger partial charge in [0.05, 0.1) is 6.54 Å². The van der Waals surface area contributed by atoms with Crippen molar-refractivity contribution in [1.29, 1.82) is 0 Å². The van der Waals surface area contributed by atoms with E-state index in [1.165, 1.54) is 5.69 Å². The quantitative estimate of drug-likeness (QED) is 0.704. The fourth-order valence-corrected chi connectivity index (χ4v) is 1.56. The zero-order chi connectivity index (χ0) is 11.9. The van der Waals surface area contributed by atoms with Crippen molar-refractivity contribution < 1.29 is 0 Å². The lowest BCUT2D eigenvalue weighted by atomic mass is 10.2. The molecular weight excluding hydrogens is 206 g/mol. The lowest BCUT2D eigenvalue weighted by molar-refractivity contribution is 1.05. The minimum Gasteiger partial charge on any atom is -0.363 e. The Balaban J connectivity index is 1.98. The summed E-state index contributed by atoms with van der Waals surface area (Å²) in [7, 11) is 2.05. The molecule has 0 aliphatic rings. The van der Waals surface area contributed by atoms with Gasteiger partial charge in [-0.15, -0.1) is 0 Å². The normalized spacial score (nSPS) is 9.24. The van der Waals surface area contributed by atoms with Crippen LogP contribution in [0.5, 0.6) is 0 Å². The van der Waals surface area contributed by atoms with Crippen LogP contribution in [0.1, 0.15) is 5.56 Å². The van der Waals surface area contributed by atoms with Crippen LogP contribution in [0, 0.1) is 11.8 Å². The Morgan fingerprint density at radius 1 is 0.882 bits per heavy atom. The van der Waals surface area contributed by atoms with Gasteiger partial charge in [-0.3, -0.25) is 0 Å². The van der Waals surface area contributed by atoms with Crippen LogP contribution < -0.4 is 4.90 Å². The minimum absolute atomic E-state index is 0.735. The van der Waals surface area contributed by atoms with Gasteiger partial charge in [0, 0.05) is 18.3 Å². The molecule has 0 fully saturated rings. The summed E-state index contributed by atoms with van der Waals surface area (Å²) in [5.74, 6) is 6.33. The van der Waals surface area contributed by atoms with E-state index in [-0.39, 0.29) is 0 Å².